The molecule has 0 rings (SSSR count). The molecule has 0 heterocycles. The largest absolute Gasteiger partial charge is 0.549 e. The van der Waals surface area contributed by atoms with Crippen molar-refractivity contribution in [3.8, 4) is 0 Å². The fraction of sp³-hybridized carbons (Fsp3) is 0.500. The van der Waals surface area contributed by atoms with Crippen LogP contribution in [0.4, 0.5) is 0 Å². The molecule has 0 aromatic rings. The molecule has 6 nitrogen and oxygen atoms in total. The molecule has 7 heteroatoms. The van der Waals surface area contributed by atoms with E-state index in [1.54, 1.807) is 0 Å². The minimum absolute atomic E-state index is 0.325. The highest BCUT2D eigenvalue weighted by atomic mass is 32.2. The molecule has 0 bridgehead atoms. The summed E-state index contributed by atoms with van der Waals surface area (Å²) in [5.74, 6) is -1.72. The van der Waals surface area contributed by atoms with Crippen LogP contribution in [0.5, 0.6) is 0 Å². The molecule has 0 spiro atoms. The molecular weight excluding hydrogens is 170 g/mol. The number of carbonyl (C=O) groups excluding carboxylic acids is 2. The van der Waals surface area contributed by atoms with Gasteiger partial charge >= 0.3 is 0 Å². The van der Waals surface area contributed by atoms with Gasteiger partial charge < -0.3 is 9.90 Å². The number of carboxylic acids is 1. The van der Waals surface area contributed by atoms with Gasteiger partial charge in [0.2, 0.25) is 0 Å². The third kappa shape index (κ3) is 6.69. The molecule has 0 N–H and O–H groups in total. The second-order valence-corrected chi connectivity index (χ2v) is 2.45. The first kappa shape index (κ1) is 9.80. The molecule has 0 aliphatic heterocycles. The Labute approximate surface area is 66.2 Å². The van der Waals surface area contributed by atoms with Crippen molar-refractivity contribution in [1.82, 2.24) is 0 Å². The average molecular weight is 174 g/mol. The van der Waals surface area contributed by atoms with Crippen molar-refractivity contribution in [2.45, 2.75) is 0 Å². The van der Waals surface area contributed by atoms with Crippen LogP contribution in [0.15, 0.2) is 5.11 Å². The fourth-order valence-corrected chi connectivity index (χ4v) is 0.702. The van der Waals surface area contributed by atoms with Gasteiger partial charge in [-0.05, 0) is 5.53 Å². The van der Waals surface area contributed by atoms with Crippen LogP contribution in [-0.4, -0.2) is 23.4 Å². The maximum Gasteiger partial charge on any atom is 0.195 e. The van der Waals surface area contributed by atoms with Crippen molar-refractivity contribution in [2.75, 3.05) is 12.3 Å². The average Bonchev–Trinajstić information content (AvgIpc) is 1.97. The summed E-state index contributed by atoms with van der Waals surface area (Å²) < 4.78 is 0. The zero-order valence-corrected chi connectivity index (χ0v) is 6.21. The molecule has 60 valence electrons. The Balaban J connectivity index is 3.53. The number of hydrogen-bond donors (Lipinski definition) is 0. The van der Waals surface area contributed by atoms with E-state index < -0.39 is 16.8 Å². The summed E-state index contributed by atoms with van der Waals surface area (Å²) >= 11 is 0.559. The highest BCUT2D eigenvalue weighted by Crippen LogP contribution is 2.00. The number of nitrogens with zero attached hydrogens (tertiary/aromatic N) is 3. The third-order valence-electron chi connectivity index (χ3n) is 0.614. The molecular formula is C4H4N3O3S-. The second-order valence-electron chi connectivity index (χ2n) is 1.42. The van der Waals surface area contributed by atoms with Gasteiger partial charge in [-0.15, -0.1) is 0 Å². The Morgan fingerprint density at radius 1 is 1.64 bits per heavy atom. The number of carbonyl (C=O) groups is 2. The van der Waals surface area contributed by atoms with Crippen LogP contribution in [0.2, 0.25) is 0 Å². The monoisotopic (exact) mass is 174 g/mol. The highest BCUT2D eigenvalue weighted by Gasteiger charge is 1.99. The molecule has 0 saturated carbocycles. The summed E-state index contributed by atoms with van der Waals surface area (Å²) in [6.07, 6.45) is 0. The standard InChI is InChI=1S/C4H5N3O3S/c5-7-6-1-4(10)11-2-3(8)9/h1-2H2,(H,8,9)/p-1. The van der Waals surface area contributed by atoms with Crippen LogP contribution in [0.1, 0.15) is 0 Å². The number of azide groups is 1. The van der Waals surface area contributed by atoms with Gasteiger partial charge in [0.15, 0.2) is 5.12 Å². The normalized spacial score (nSPS) is 8.36. The van der Waals surface area contributed by atoms with Crippen molar-refractivity contribution in [2.24, 2.45) is 5.11 Å². The number of rotatable bonds is 4. The molecule has 0 aliphatic carbocycles. The lowest BCUT2D eigenvalue weighted by Crippen LogP contribution is -2.25. The van der Waals surface area contributed by atoms with E-state index in [0.717, 1.165) is 0 Å². The van der Waals surface area contributed by atoms with E-state index in [1.165, 1.54) is 0 Å². The first-order valence-corrected chi connectivity index (χ1v) is 3.51. The molecule has 0 atom stereocenters. The predicted molar refractivity (Wildman–Crippen MR) is 36.5 cm³/mol. The Bertz CT molecular complexity index is 211. The van der Waals surface area contributed by atoms with Gasteiger partial charge in [-0.25, -0.2) is 0 Å². The molecule has 0 aromatic heterocycles. The Hall–Kier alpha value is -1.20. The fourth-order valence-electron chi connectivity index (χ4n) is 0.274. The lowest BCUT2D eigenvalue weighted by Gasteiger charge is -1.97. The minimum Gasteiger partial charge on any atom is -0.549 e. The predicted octanol–water partition coefficient (Wildman–Crippen LogP) is -0.694. The van der Waals surface area contributed by atoms with Crippen LogP contribution in [-0.2, 0) is 9.59 Å². The number of aliphatic carboxylic acids is 1. The van der Waals surface area contributed by atoms with Gasteiger partial charge in [0.05, 0.1) is 12.5 Å². The minimum atomic E-state index is -1.32. The quantitative estimate of drug-likeness (QED) is 0.319. The smallest absolute Gasteiger partial charge is 0.195 e. The number of thioether (sulfide) groups is 1. The summed E-state index contributed by atoms with van der Waals surface area (Å²) in [5.41, 5.74) is 7.76. The van der Waals surface area contributed by atoms with Crippen LogP contribution < -0.4 is 5.11 Å². The van der Waals surface area contributed by atoms with Crippen LogP contribution in [0.3, 0.4) is 0 Å². The molecule has 0 radical (unpaired) electrons. The first-order chi connectivity index (χ1) is 5.16. The Kier molecular flexibility index (Phi) is 4.97. The van der Waals surface area contributed by atoms with Crippen molar-refractivity contribution in [1.29, 1.82) is 0 Å². The molecule has 0 amide bonds. The zero-order valence-electron chi connectivity index (χ0n) is 5.39. The van der Waals surface area contributed by atoms with E-state index in [0.29, 0.717) is 11.8 Å². The summed E-state index contributed by atoms with van der Waals surface area (Å²) in [7, 11) is 0. The highest BCUT2D eigenvalue weighted by molar-refractivity contribution is 8.14. The van der Waals surface area contributed by atoms with E-state index in [9.17, 15) is 14.7 Å². The Morgan fingerprint density at radius 2 is 2.27 bits per heavy atom. The molecule has 11 heavy (non-hydrogen) atoms. The van der Waals surface area contributed by atoms with Crippen molar-refractivity contribution < 1.29 is 14.7 Å². The van der Waals surface area contributed by atoms with Gasteiger partial charge in [-0.3, -0.25) is 4.79 Å². The Morgan fingerprint density at radius 3 is 2.73 bits per heavy atom. The maximum atomic E-state index is 10.5. The van der Waals surface area contributed by atoms with Gasteiger partial charge in [0, 0.05) is 10.7 Å². The lowest BCUT2D eigenvalue weighted by molar-refractivity contribution is -0.301. The summed E-state index contributed by atoms with van der Waals surface area (Å²) in [4.78, 5) is 22.6. The van der Waals surface area contributed by atoms with Gasteiger partial charge in [0.1, 0.15) is 0 Å². The molecule has 0 saturated heterocycles. The zero-order chi connectivity index (χ0) is 8.69. The van der Waals surface area contributed by atoms with Gasteiger partial charge in [0.25, 0.3) is 0 Å². The van der Waals surface area contributed by atoms with Gasteiger partial charge in [-0.2, -0.15) is 0 Å². The number of hydrogen-bond acceptors (Lipinski definition) is 5. The molecule has 0 aliphatic rings. The first-order valence-electron chi connectivity index (χ1n) is 2.53. The van der Waals surface area contributed by atoms with Gasteiger partial charge in [-0.1, -0.05) is 16.9 Å². The summed E-state index contributed by atoms with van der Waals surface area (Å²) in [6, 6.07) is 0. The molecule has 0 unspecified atom stereocenters. The summed E-state index contributed by atoms with van der Waals surface area (Å²) in [5, 5.41) is 12.3. The van der Waals surface area contributed by atoms with Crippen molar-refractivity contribution >= 4 is 22.8 Å². The maximum absolute atomic E-state index is 10.5. The SMILES string of the molecule is [N-]=[N+]=NCC(=O)SCC(=O)[O-]. The molecule has 0 aromatic carbocycles. The van der Waals surface area contributed by atoms with E-state index in [-0.39, 0.29) is 6.54 Å². The third-order valence-corrected chi connectivity index (χ3v) is 1.45. The van der Waals surface area contributed by atoms with E-state index in [4.69, 9.17) is 5.53 Å². The van der Waals surface area contributed by atoms with Crippen LogP contribution in [0.25, 0.3) is 10.4 Å². The molecule has 0 fully saturated rings. The van der Waals surface area contributed by atoms with Crippen LogP contribution in [0, 0.1) is 0 Å². The second kappa shape index (κ2) is 5.57. The topological polar surface area (TPSA) is 106 Å². The van der Waals surface area contributed by atoms with E-state index in [2.05, 4.69) is 10.0 Å². The van der Waals surface area contributed by atoms with E-state index >= 15 is 0 Å². The van der Waals surface area contributed by atoms with Crippen molar-refractivity contribution in [3.63, 3.8) is 0 Å². The number of carboxylic acid groups (broad SMARTS) is 1. The van der Waals surface area contributed by atoms with Crippen LogP contribution >= 0.6 is 11.8 Å². The van der Waals surface area contributed by atoms with E-state index in [1.807, 2.05) is 0 Å². The van der Waals surface area contributed by atoms with Crippen molar-refractivity contribution in [3.05, 3.63) is 10.4 Å². The lowest BCUT2D eigenvalue weighted by atomic mass is 10.8. The summed E-state index contributed by atoms with van der Waals surface area (Å²) in [6.45, 7) is -0.325.